The molecule has 2 saturated heterocycles. The molecule has 0 spiro atoms. The smallest absolute Gasteiger partial charge is 0.225 e. The highest BCUT2D eigenvalue weighted by Crippen LogP contribution is 2.31. The molecule has 5 heteroatoms. The minimum atomic E-state index is 0.440. The van der Waals surface area contributed by atoms with Crippen molar-refractivity contribution in [3.63, 3.8) is 0 Å². The second-order valence-electron chi connectivity index (χ2n) is 8.90. The third-order valence-corrected chi connectivity index (χ3v) is 6.67. The average molecular weight is 392 g/mol. The van der Waals surface area contributed by atoms with Crippen molar-refractivity contribution < 1.29 is 0 Å². The summed E-state index contributed by atoms with van der Waals surface area (Å²) >= 11 is 0. The Balaban J connectivity index is 1.28. The number of aryl methyl sites for hydroxylation is 1. The van der Waals surface area contributed by atoms with Crippen LogP contribution in [0.15, 0.2) is 30.3 Å². The van der Waals surface area contributed by atoms with Crippen molar-refractivity contribution in [2.75, 3.05) is 36.4 Å². The Labute approximate surface area is 174 Å². The van der Waals surface area contributed by atoms with Crippen molar-refractivity contribution in [2.24, 2.45) is 0 Å². The Hall–Kier alpha value is -2.14. The molecule has 29 heavy (non-hydrogen) atoms. The molecule has 2 aliphatic heterocycles. The molecule has 1 N–H and O–H groups in total. The van der Waals surface area contributed by atoms with Crippen molar-refractivity contribution >= 4 is 11.8 Å². The lowest BCUT2D eigenvalue weighted by Gasteiger charge is -2.25. The maximum atomic E-state index is 5.07. The van der Waals surface area contributed by atoms with Crippen LogP contribution in [0.25, 0.3) is 0 Å². The molecule has 0 saturated carbocycles. The normalized spacial score (nSPS) is 22.5. The predicted molar refractivity (Wildman–Crippen MR) is 118 cm³/mol. The molecule has 1 unspecified atom stereocenters. The van der Waals surface area contributed by atoms with Crippen molar-refractivity contribution in [1.29, 1.82) is 0 Å². The zero-order valence-electron chi connectivity index (χ0n) is 17.4. The number of rotatable bonds is 5. The Morgan fingerprint density at radius 2 is 1.72 bits per heavy atom. The van der Waals surface area contributed by atoms with Gasteiger partial charge in [-0.05, 0) is 44.1 Å². The minimum Gasteiger partial charge on any atom is -0.356 e. The van der Waals surface area contributed by atoms with Gasteiger partial charge in [-0.1, -0.05) is 43.2 Å². The molecule has 0 radical (unpaired) electrons. The predicted octanol–water partition coefficient (Wildman–Crippen LogP) is 4.03. The molecule has 2 fully saturated rings. The number of hydrogen-bond acceptors (Lipinski definition) is 5. The van der Waals surface area contributed by atoms with Crippen molar-refractivity contribution in [3.8, 4) is 0 Å². The molecule has 154 valence electrons. The van der Waals surface area contributed by atoms with Gasteiger partial charge in [0, 0.05) is 44.3 Å². The molecule has 2 aromatic rings. The fourth-order valence-corrected chi connectivity index (χ4v) is 5.14. The van der Waals surface area contributed by atoms with Gasteiger partial charge in [0.2, 0.25) is 5.95 Å². The highest BCUT2D eigenvalue weighted by atomic mass is 15.3. The van der Waals surface area contributed by atoms with Crippen LogP contribution in [0.2, 0.25) is 0 Å². The van der Waals surface area contributed by atoms with E-state index in [4.69, 9.17) is 9.97 Å². The van der Waals surface area contributed by atoms with E-state index in [2.05, 4.69) is 45.4 Å². The Bertz CT molecular complexity index is 814. The first-order chi connectivity index (χ1) is 14.3. The minimum absolute atomic E-state index is 0.440. The number of aromatic nitrogens is 2. The SMILES string of the molecule is c1ccc(CN2CCC(Nc3nc4c(c(N5CCCCCC5)n3)CCC4)C2)cc1. The monoisotopic (exact) mass is 391 g/mol. The molecule has 1 aromatic heterocycles. The number of nitrogens with one attached hydrogen (secondary N) is 1. The number of nitrogens with zero attached hydrogens (tertiary/aromatic N) is 4. The maximum absolute atomic E-state index is 5.07. The molecule has 1 atom stereocenters. The molecular formula is C24H33N5. The van der Waals surface area contributed by atoms with Crippen LogP contribution in [0, 0.1) is 0 Å². The first-order valence-electron chi connectivity index (χ1n) is 11.5. The molecule has 5 rings (SSSR count). The van der Waals surface area contributed by atoms with E-state index >= 15 is 0 Å². The van der Waals surface area contributed by atoms with E-state index in [0.29, 0.717) is 6.04 Å². The van der Waals surface area contributed by atoms with Crippen LogP contribution in [0.5, 0.6) is 0 Å². The first kappa shape index (κ1) is 18.9. The molecular weight excluding hydrogens is 358 g/mol. The molecule has 3 aliphatic rings. The standard InChI is InChI=1S/C24H33N5/c1-2-7-15-29(14-6-1)23-21-11-8-12-22(21)26-24(27-23)25-20-13-16-28(18-20)17-19-9-4-3-5-10-19/h3-5,9-10,20H,1-2,6-8,11-18H2,(H,25,26,27). The van der Waals surface area contributed by atoms with E-state index in [0.717, 1.165) is 57.9 Å². The summed E-state index contributed by atoms with van der Waals surface area (Å²) in [6.45, 7) is 5.53. The highest BCUT2D eigenvalue weighted by Gasteiger charge is 2.26. The van der Waals surface area contributed by atoms with E-state index in [-0.39, 0.29) is 0 Å². The van der Waals surface area contributed by atoms with Crippen molar-refractivity contribution in [2.45, 2.75) is 64.0 Å². The van der Waals surface area contributed by atoms with Gasteiger partial charge in [0.15, 0.2) is 0 Å². The third-order valence-electron chi connectivity index (χ3n) is 6.67. The summed E-state index contributed by atoms with van der Waals surface area (Å²) in [6.07, 6.45) is 9.93. The van der Waals surface area contributed by atoms with Crippen LogP contribution < -0.4 is 10.2 Å². The van der Waals surface area contributed by atoms with E-state index in [9.17, 15) is 0 Å². The molecule has 1 aromatic carbocycles. The fourth-order valence-electron chi connectivity index (χ4n) is 5.14. The van der Waals surface area contributed by atoms with Crippen LogP contribution in [0.1, 0.15) is 55.3 Å². The number of likely N-dealkylation sites (tertiary alicyclic amines) is 1. The lowest BCUT2D eigenvalue weighted by Crippen LogP contribution is -2.29. The zero-order valence-corrected chi connectivity index (χ0v) is 17.4. The van der Waals surface area contributed by atoms with Crippen LogP contribution in [0.4, 0.5) is 11.8 Å². The van der Waals surface area contributed by atoms with Gasteiger partial charge in [-0.25, -0.2) is 4.98 Å². The quantitative estimate of drug-likeness (QED) is 0.834. The van der Waals surface area contributed by atoms with Gasteiger partial charge in [0.1, 0.15) is 5.82 Å². The summed E-state index contributed by atoms with van der Waals surface area (Å²) in [5.41, 5.74) is 4.11. The van der Waals surface area contributed by atoms with Crippen LogP contribution in [-0.2, 0) is 19.4 Å². The highest BCUT2D eigenvalue weighted by molar-refractivity contribution is 5.54. The molecule has 1 aliphatic carbocycles. The lowest BCUT2D eigenvalue weighted by molar-refractivity contribution is 0.328. The van der Waals surface area contributed by atoms with E-state index in [1.807, 2.05) is 0 Å². The largest absolute Gasteiger partial charge is 0.356 e. The Morgan fingerprint density at radius 1 is 0.897 bits per heavy atom. The van der Waals surface area contributed by atoms with Crippen LogP contribution in [-0.4, -0.2) is 47.1 Å². The third kappa shape index (κ3) is 4.40. The summed E-state index contributed by atoms with van der Waals surface area (Å²) in [6, 6.07) is 11.2. The average Bonchev–Trinajstić information content (AvgIpc) is 3.30. The van der Waals surface area contributed by atoms with Crippen molar-refractivity contribution in [3.05, 3.63) is 47.2 Å². The fraction of sp³-hybridized carbons (Fsp3) is 0.583. The number of anilines is 2. The van der Waals surface area contributed by atoms with Gasteiger partial charge in [0.25, 0.3) is 0 Å². The first-order valence-corrected chi connectivity index (χ1v) is 11.5. The van der Waals surface area contributed by atoms with Gasteiger partial charge in [-0.2, -0.15) is 4.98 Å². The second kappa shape index (κ2) is 8.70. The number of fused-ring (bicyclic) bond motifs is 1. The molecule has 0 bridgehead atoms. The van der Waals surface area contributed by atoms with Crippen LogP contribution in [0.3, 0.4) is 0 Å². The van der Waals surface area contributed by atoms with Gasteiger partial charge >= 0.3 is 0 Å². The summed E-state index contributed by atoms with van der Waals surface area (Å²) in [5, 5.41) is 3.69. The Morgan fingerprint density at radius 3 is 2.55 bits per heavy atom. The van der Waals surface area contributed by atoms with Gasteiger partial charge in [0.05, 0.1) is 5.69 Å². The molecule has 0 amide bonds. The lowest BCUT2D eigenvalue weighted by atomic mass is 10.2. The number of benzene rings is 1. The van der Waals surface area contributed by atoms with E-state index < -0.39 is 0 Å². The summed E-state index contributed by atoms with van der Waals surface area (Å²) in [4.78, 5) is 15.1. The van der Waals surface area contributed by atoms with E-state index in [1.165, 1.54) is 54.7 Å². The van der Waals surface area contributed by atoms with E-state index in [1.54, 1.807) is 0 Å². The van der Waals surface area contributed by atoms with Crippen molar-refractivity contribution in [1.82, 2.24) is 14.9 Å². The summed E-state index contributed by atoms with van der Waals surface area (Å²) < 4.78 is 0. The number of hydrogen-bond donors (Lipinski definition) is 1. The van der Waals surface area contributed by atoms with Gasteiger partial charge < -0.3 is 10.2 Å². The summed E-state index contributed by atoms with van der Waals surface area (Å²) in [7, 11) is 0. The maximum Gasteiger partial charge on any atom is 0.225 e. The van der Waals surface area contributed by atoms with Gasteiger partial charge in [-0.15, -0.1) is 0 Å². The van der Waals surface area contributed by atoms with Gasteiger partial charge in [-0.3, -0.25) is 4.90 Å². The summed E-state index contributed by atoms with van der Waals surface area (Å²) in [5.74, 6) is 2.09. The second-order valence-corrected chi connectivity index (χ2v) is 8.90. The molecule has 5 nitrogen and oxygen atoms in total. The zero-order chi connectivity index (χ0) is 19.5. The topological polar surface area (TPSA) is 44.3 Å². The van der Waals surface area contributed by atoms with Crippen LogP contribution >= 0.6 is 0 Å². The molecule has 3 heterocycles. The Kier molecular flexibility index (Phi) is 5.66.